The van der Waals surface area contributed by atoms with Gasteiger partial charge in [0.1, 0.15) is 12.7 Å². The lowest BCUT2D eigenvalue weighted by Crippen LogP contribution is -2.38. The minimum Gasteiger partial charge on any atom is -0.357 e. The van der Waals surface area contributed by atoms with Crippen LogP contribution in [0.3, 0.4) is 0 Å². The number of aromatic nitrogens is 5. The molecule has 2 N–H and O–H groups in total. The Labute approximate surface area is 188 Å². The van der Waals surface area contributed by atoms with Crippen molar-refractivity contribution < 1.29 is 0 Å². The number of aryl methyl sites for hydroxylation is 3. The molecule has 0 aliphatic carbocycles. The first kappa shape index (κ1) is 22.9. The van der Waals surface area contributed by atoms with Crippen molar-refractivity contribution >= 4 is 29.9 Å². The molecule has 2 heterocycles. The number of hydrogen-bond donors (Lipinski definition) is 2. The lowest BCUT2D eigenvalue weighted by atomic mass is 10.2. The average Bonchev–Trinajstić information content (AvgIpc) is 3.33. The van der Waals surface area contributed by atoms with Gasteiger partial charge in [0.25, 0.3) is 0 Å². The van der Waals surface area contributed by atoms with Gasteiger partial charge in [-0.15, -0.1) is 24.0 Å². The Morgan fingerprint density at radius 1 is 1.14 bits per heavy atom. The largest absolute Gasteiger partial charge is 0.357 e. The SMILES string of the molecule is CCNC(=NCc1ccc(-n2cncn2)cc1)NCCCn1nc(C)cc1C.I. The zero-order valence-corrected chi connectivity index (χ0v) is 19.5. The van der Waals surface area contributed by atoms with E-state index < -0.39 is 0 Å². The van der Waals surface area contributed by atoms with Crippen molar-refractivity contribution in [2.24, 2.45) is 4.99 Å². The van der Waals surface area contributed by atoms with Crippen molar-refractivity contribution in [1.29, 1.82) is 0 Å². The third-order valence-corrected chi connectivity index (χ3v) is 4.33. The van der Waals surface area contributed by atoms with E-state index in [9.17, 15) is 0 Å². The van der Waals surface area contributed by atoms with Crippen LogP contribution >= 0.6 is 24.0 Å². The first-order valence-electron chi connectivity index (χ1n) is 9.63. The summed E-state index contributed by atoms with van der Waals surface area (Å²) < 4.78 is 3.79. The highest BCUT2D eigenvalue weighted by atomic mass is 127. The molecule has 0 unspecified atom stereocenters. The fraction of sp³-hybridized carbons (Fsp3) is 0.400. The van der Waals surface area contributed by atoms with Crippen molar-refractivity contribution in [2.75, 3.05) is 13.1 Å². The molecule has 156 valence electrons. The molecule has 0 bridgehead atoms. The summed E-state index contributed by atoms with van der Waals surface area (Å²) in [5.41, 5.74) is 4.39. The minimum atomic E-state index is 0. The molecule has 0 radical (unpaired) electrons. The van der Waals surface area contributed by atoms with Crippen LogP contribution < -0.4 is 10.6 Å². The summed E-state index contributed by atoms with van der Waals surface area (Å²) in [6, 6.07) is 10.3. The zero-order chi connectivity index (χ0) is 19.8. The van der Waals surface area contributed by atoms with Gasteiger partial charge in [0.05, 0.1) is 17.9 Å². The van der Waals surface area contributed by atoms with Crippen LogP contribution in [-0.4, -0.2) is 43.6 Å². The highest BCUT2D eigenvalue weighted by molar-refractivity contribution is 14.0. The van der Waals surface area contributed by atoms with Gasteiger partial charge >= 0.3 is 0 Å². The molecular formula is C20H29IN8. The maximum Gasteiger partial charge on any atom is 0.191 e. The average molecular weight is 508 g/mol. The Bertz CT molecular complexity index is 884. The molecule has 0 aliphatic heterocycles. The minimum absolute atomic E-state index is 0. The number of benzene rings is 1. The van der Waals surface area contributed by atoms with E-state index in [1.165, 1.54) is 12.0 Å². The second-order valence-electron chi connectivity index (χ2n) is 6.63. The third-order valence-electron chi connectivity index (χ3n) is 4.33. The summed E-state index contributed by atoms with van der Waals surface area (Å²) in [5.74, 6) is 0.830. The fourth-order valence-corrected chi connectivity index (χ4v) is 2.94. The van der Waals surface area contributed by atoms with Gasteiger partial charge < -0.3 is 10.6 Å². The standard InChI is InChI=1S/C20H28N8.HI/c1-4-22-20(23-10-5-11-27-17(3)12-16(2)26-27)24-13-18-6-8-19(9-7-18)28-15-21-14-25-28;/h6-9,12,14-15H,4-5,10-11,13H2,1-3H3,(H2,22,23,24);1H. The normalized spacial score (nSPS) is 11.2. The van der Waals surface area contributed by atoms with Crippen molar-refractivity contribution in [3.63, 3.8) is 0 Å². The molecule has 0 spiro atoms. The molecule has 0 aliphatic rings. The van der Waals surface area contributed by atoms with Crippen LogP contribution in [0.5, 0.6) is 0 Å². The Hall–Kier alpha value is -2.43. The monoisotopic (exact) mass is 508 g/mol. The molecule has 2 aromatic heterocycles. The van der Waals surface area contributed by atoms with E-state index in [4.69, 9.17) is 0 Å². The van der Waals surface area contributed by atoms with Crippen LogP contribution in [0, 0.1) is 13.8 Å². The second-order valence-corrected chi connectivity index (χ2v) is 6.63. The topological polar surface area (TPSA) is 85.0 Å². The Morgan fingerprint density at radius 2 is 1.93 bits per heavy atom. The van der Waals surface area contributed by atoms with E-state index in [0.717, 1.165) is 49.0 Å². The maximum atomic E-state index is 4.68. The molecular weight excluding hydrogens is 479 g/mol. The van der Waals surface area contributed by atoms with Gasteiger partial charge in [-0.1, -0.05) is 12.1 Å². The quantitative estimate of drug-likeness (QED) is 0.212. The van der Waals surface area contributed by atoms with Gasteiger partial charge in [-0.05, 0) is 51.0 Å². The molecule has 0 fully saturated rings. The van der Waals surface area contributed by atoms with Crippen molar-refractivity contribution in [1.82, 2.24) is 35.2 Å². The number of guanidine groups is 1. The summed E-state index contributed by atoms with van der Waals surface area (Å²) in [6.07, 6.45) is 4.20. The van der Waals surface area contributed by atoms with E-state index in [1.54, 1.807) is 11.0 Å². The Morgan fingerprint density at radius 3 is 2.55 bits per heavy atom. The number of nitrogens with one attached hydrogen (secondary N) is 2. The van der Waals surface area contributed by atoms with E-state index in [2.05, 4.69) is 67.5 Å². The Balaban J connectivity index is 0.00000300. The highest BCUT2D eigenvalue weighted by Gasteiger charge is 2.02. The van der Waals surface area contributed by atoms with Crippen LogP contribution in [0.2, 0.25) is 0 Å². The van der Waals surface area contributed by atoms with E-state index >= 15 is 0 Å². The predicted octanol–water partition coefficient (Wildman–Crippen LogP) is 2.84. The number of rotatable bonds is 8. The van der Waals surface area contributed by atoms with Crippen LogP contribution in [-0.2, 0) is 13.1 Å². The second kappa shape index (κ2) is 11.5. The predicted molar refractivity (Wildman–Crippen MR) is 126 cm³/mol. The first-order valence-corrected chi connectivity index (χ1v) is 9.63. The fourth-order valence-electron chi connectivity index (χ4n) is 2.94. The summed E-state index contributed by atoms with van der Waals surface area (Å²) in [5, 5.41) is 15.3. The molecule has 0 saturated heterocycles. The molecule has 0 amide bonds. The molecule has 9 heteroatoms. The molecule has 0 saturated carbocycles. The van der Waals surface area contributed by atoms with Gasteiger partial charge in [0, 0.05) is 25.3 Å². The molecule has 29 heavy (non-hydrogen) atoms. The number of aliphatic imine (C=N–C) groups is 1. The van der Waals surface area contributed by atoms with Crippen molar-refractivity contribution in [3.05, 3.63) is 59.9 Å². The smallest absolute Gasteiger partial charge is 0.191 e. The Kier molecular flexibility index (Phi) is 9.10. The summed E-state index contributed by atoms with van der Waals surface area (Å²) in [7, 11) is 0. The van der Waals surface area contributed by atoms with E-state index in [0.29, 0.717) is 6.54 Å². The lowest BCUT2D eigenvalue weighted by Gasteiger charge is -2.12. The summed E-state index contributed by atoms with van der Waals surface area (Å²) in [6.45, 7) is 9.37. The molecule has 1 aromatic carbocycles. The van der Waals surface area contributed by atoms with Gasteiger partial charge in [0.15, 0.2) is 5.96 Å². The molecule has 3 rings (SSSR count). The molecule has 3 aromatic rings. The highest BCUT2D eigenvalue weighted by Crippen LogP contribution is 2.09. The molecule has 8 nitrogen and oxygen atoms in total. The van der Waals surface area contributed by atoms with Gasteiger partial charge in [-0.3, -0.25) is 4.68 Å². The maximum absolute atomic E-state index is 4.68. The van der Waals surface area contributed by atoms with Gasteiger partial charge in [-0.2, -0.15) is 10.2 Å². The molecule has 0 atom stereocenters. The van der Waals surface area contributed by atoms with Crippen LogP contribution in [0.15, 0.2) is 48.0 Å². The van der Waals surface area contributed by atoms with E-state index in [1.807, 2.05) is 19.1 Å². The van der Waals surface area contributed by atoms with Crippen LogP contribution in [0.25, 0.3) is 5.69 Å². The van der Waals surface area contributed by atoms with E-state index in [-0.39, 0.29) is 24.0 Å². The number of halogens is 1. The van der Waals surface area contributed by atoms with Gasteiger partial charge in [0.2, 0.25) is 0 Å². The lowest BCUT2D eigenvalue weighted by molar-refractivity contribution is 0.555. The van der Waals surface area contributed by atoms with Crippen LogP contribution in [0.4, 0.5) is 0 Å². The summed E-state index contributed by atoms with van der Waals surface area (Å²) in [4.78, 5) is 8.65. The van der Waals surface area contributed by atoms with Crippen LogP contribution in [0.1, 0.15) is 30.3 Å². The first-order chi connectivity index (χ1) is 13.7. The third kappa shape index (κ3) is 6.84. The number of nitrogens with zero attached hydrogens (tertiary/aromatic N) is 6. The number of hydrogen-bond acceptors (Lipinski definition) is 4. The summed E-state index contributed by atoms with van der Waals surface area (Å²) >= 11 is 0. The van der Waals surface area contributed by atoms with Crippen molar-refractivity contribution in [2.45, 2.75) is 40.3 Å². The van der Waals surface area contributed by atoms with Gasteiger partial charge in [-0.25, -0.2) is 14.7 Å². The van der Waals surface area contributed by atoms with Crippen molar-refractivity contribution in [3.8, 4) is 5.69 Å². The zero-order valence-electron chi connectivity index (χ0n) is 17.2.